The molecule has 1 amide bonds. The third kappa shape index (κ3) is 4.72. The van der Waals surface area contributed by atoms with Crippen LogP contribution in [0, 0.1) is 20.8 Å². The van der Waals surface area contributed by atoms with Crippen molar-refractivity contribution in [1.82, 2.24) is 4.98 Å². The Kier molecular flexibility index (Phi) is 6.46. The summed E-state index contributed by atoms with van der Waals surface area (Å²) in [5.74, 6) is 0.117. The van der Waals surface area contributed by atoms with Crippen LogP contribution in [0.5, 0.6) is 0 Å². The second kappa shape index (κ2) is 9.25. The highest BCUT2D eigenvalue weighted by Crippen LogP contribution is 2.31. The number of morpholine rings is 1. The summed E-state index contributed by atoms with van der Waals surface area (Å²) in [5.41, 5.74) is 5.63. The Morgan fingerprint density at radius 1 is 1.13 bits per heavy atom. The Labute approximate surface area is 182 Å². The van der Waals surface area contributed by atoms with Crippen LogP contribution in [0.25, 0.3) is 10.2 Å². The van der Waals surface area contributed by atoms with E-state index in [0.29, 0.717) is 13.0 Å². The van der Waals surface area contributed by atoms with Crippen LogP contribution >= 0.6 is 11.3 Å². The van der Waals surface area contributed by atoms with Crippen molar-refractivity contribution in [3.63, 3.8) is 0 Å². The van der Waals surface area contributed by atoms with Gasteiger partial charge < -0.3 is 9.64 Å². The van der Waals surface area contributed by atoms with Gasteiger partial charge >= 0.3 is 0 Å². The number of para-hydroxylation sites is 1. The lowest BCUT2D eigenvalue weighted by Crippen LogP contribution is -3.14. The van der Waals surface area contributed by atoms with Gasteiger partial charge in [-0.1, -0.05) is 47.2 Å². The van der Waals surface area contributed by atoms with Crippen molar-refractivity contribution in [2.75, 3.05) is 44.3 Å². The minimum atomic E-state index is 0.117. The van der Waals surface area contributed by atoms with Crippen LogP contribution in [0.4, 0.5) is 5.13 Å². The topological polar surface area (TPSA) is 46.9 Å². The molecular weight excluding hydrogens is 394 g/mol. The molecule has 1 aliphatic heterocycles. The van der Waals surface area contributed by atoms with Gasteiger partial charge in [0.25, 0.3) is 0 Å². The van der Waals surface area contributed by atoms with Crippen molar-refractivity contribution in [2.45, 2.75) is 27.2 Å². The lowest BCUT2D eigenvalue weighted by molar-refractivity contribution is -0.906. The molecule has 30 heavy (non-hydrogen) atoms. The van der Waals surface area contributed by atoms with E-state index in [1.807, 2.05) is 4.90 Å². The smallest absolute Gasteiger partial charge is 0.233 e. The summed E-state index contributed by atoms with van der Waals surface area (Å²) in [5, 5.41) is 0.807. The minimum Gasteiger partial charge on any atom is -0.370 e. The van der Waals surface area contributed by atoms with E-state index < -0.39 is 0 Å². The number of aryl methyl sites for hydroxylation is 3. The second-order valence-electron chi connectivity index (χ2n) is 8.18. The van der Waals surface area contributed by atoms with Gasteiger partial charge in [0.05, 0.1) is 42.9 Å². The van der Waals surface area contributed by atoms with E-state index in [1.165, 1.54) is 16.0 Å². The van der Waals surface area contributed by atoms with Gasteiger partial charge in [0, 0.05) is 0 Å². The average molecular weight is 425 g/mol. The maximum absolute atomic E-state index is 13.4. The van der Waals surface area contributed by atoms with Crippen LogP contribution in [0.1, 0.15) is 22.3 Å². The molecule has 3 aromatic rings. The molecule has 2 aromatic carbocycles. The zero-order chi connectivity index (χ0) is 21.1. The van der Waals surface area contributed by atoms with Gasteiger partial charge in [0.1, 0.15) is 13.1 Å². The van der Waals surface area contributed by atoms with Gasteiger partial charge in [-0.3, -0.25) is 9.69 Å². The number of anilines is 1. The number of quaternary nitrogens is 1. The first-order chi connectivity index (χ1) is 14.5. The summed E-state index contributed by atoms with van der Waals surface area (Å²) >= 11 is 1.61. The summed E-state index contributed by atoms with van der Waals surface area (Å²) in [6.45, 7) is 11.4. The highest BCUT2D eigenvalue weighted by Gasteiger charge is 2.24. The number of nitrogens with zero attached hydrogens (tertiary/aromatic N) is 2. The second-order valence-corrected chi connectivity index (χ2v) is 9.19. The molecule has 6 heteroatoms. The average Bonchev–Trinajstić information content (AvgIpc) is 3.16. The van der Waals surface area contributed by atoms with Gasteiger partial charge in [-0.25, -0.2) is 4.98 Å². The number of hydrogen-bond acceptors (Lipinski definition) is 4. The van der Waals surface area contributed by atoms with Crippen molar-refractivity contribution in [3.8, 4) is 0 Å². The maximum atomic E-state index is 13.4. The van der Waals surface area contributed by atoms with E-state index >= 15 is 0 Å². The molecule has 1 N–H and O–H groups in total. The Hall–Kier alpha value is -2.28. The number of nitrogens with one attached hydrogen (secondary N) is 1. The number of rotatable bonds is 6. The Morgan fingerprint density at radius 2 is 1.93 bits per heavy atom. The molecule has 0 unspecified atom stereocenters. The molecule has 158 valence electrons. The maximum Gasteiger partial charge on any atom is 0.233 e. The molecule has 2 heterocycles. The lowest BCUT2D eigenvalue weighted by Gasteiger charge is -2.27. The van der Waals surface area contributed by atoms with Crippen molar-refractivity contribution in [2.24, 2.45) is 0 Å². The first kappa shape index (κ1) is 21.0. The molecular formula is C24H30N3O2S+. The lowest BCUT2D eigenvalue weighted by atomic mass is 10.0. The monoisotopic (exact) mass is 424 g/mol. The molecule has 0 aliphatic carbocycles. The van der Waals surface area contributed by atoms with E-state index in [1.54, 1.807) is 11.3 Å². The SMILES string of the molecule is Cc1ccc(CC(=O)N(CC[NH+]2CCOCC2)c2nc3c(C)cccc3s2)c(C)c1. The van der Waals surface area contributed by atoms with Gasteiger partial charge in [0.15, 0.2) is 5.13 Å². The van der Waals surface area contributed by atoms with Crippen LogP contribution < -0.4 is 9.80 Å². The number of aromatic nitrogens is 1. The van der Waals surface area contributed by atoms with Crippen LogP contribution in [0.2, 0.25) is 0 Å². The highest BCUT2D eigenvalue weighted by molar-refractivity contribution is 7.22. The normalized spacial score (nSPS) is 14.9. The number of ether oxygens (including phenoxy) is 1. The fourth-order valence-electron chi connectivity index (χ4n) is 4.00. The van der Waals surface area contributed by atoms with E-state index in [4.69, 9.17) is 9.72 Å². The molecule has 4 rings (SSSR count). The Bertz CT molecular complexity index is 1040. The van der Waals surface area contributed by atoms with Crippen molar-refractivity contribution >= 4 is 32.6 Å². The molecule has 1 saturated heterocycles. The van der Waals surface area contributed by atoms with Gasteiger partial charge in [-0.2, -0.15) is 0 Å². The number of hydrogen-bond donors (Lipinski definition) is 1. The third-order valence-electron chi connectivity index (χ3n) is 5.87. The first-order valence-electron chi connectivity index (χ1n) is 10.7. The minimum absolute atomic E-state index is 0.117. The number of thiazole rings is 1. The first-order valence-corrected chi connectivity index (χ1v) is 11.5. The molecule has 0 atom stereocenters. The van der Waals surface area contributed by atoms with E-state index in [0.717, 1.165) is 59.3 Å². The zero-order valence-corrected chi connectivity index (χ0v) is 18.8. The fraction of sp³-hybridized carbons (Fsp3) is 0.417. The van der Waals surface area contributed by atoms with Crippen LogP contribution in [-0.4, -0.2) is 50.3 Å². The summed E-state index contributed by atoms with van der Waals surface area (Å²) in [6, 6.07) is 12.5. The van der Waals surface area contributed by atoms with Gasteiger partial charge in [-0.15, -0.1) is 0 Å². The number of benzene rings is 2. The summed E-state index contributed by atoms with van der Waals surface area (Å²) in [6.07, 6.45) is 0.402. The van der Waals surface area contributed by atoms with Crippen LogP contribution in [0.15, 0.2) is 36.4 Å². The third-order valence-corrected chi connectivity index (χ3v) is 6.91. The fourth-order valence-corrected chi connectivity index (χ4v) is 5.09. The largest absolute Gasteiger partial charge is 0.370 e. The van der Waals surface area contributed by atoms with Crippen molar-refractivity contribution < 1.29 is 14.4 Å². The molecule has 1 aliphatic rings. The van der Waals surface area contributed by atoms with Crippen LogP contribution in [-0.2, 0) is 16.0 Å². The summed E-state index contributed by atoms with van der Waals surface area (Å²) in [4.78, 5) is 21.7. The summed E-state index contributed by atoms with van der Waals surface area (Å²) < 4.78 is 6.61. The Balaban J connectivity index is 1.59. The molecule has 5 nitrogen and oxygen atoms in total. The van der Waals surface area contributed by atoms with Gasteiger partial charge in [-0.05, 0) is 43.5 Å². The zero-order valence-electron chi connectivity index (χ0n) is 18.0. The molecule has 1 fully saturated rings. The molecule has 0 saturated carbocycles. The van der Waals surface area contributed by atoms with E-state index in [-0.39, 0.29) is 5.91 Å². The van der Waals surface area contributed by atoms with E-state index in [9.17, 15) is 4.79 Å². The number of carbonyl (C=O) groups excluding carboxylic acids is 1. The Morgan fingerprint density at radius 3 is 2.67 bits per heavy atom. The number of amides is 1. The summed E-state index contributed by atoms with van der Waals surface area (Å²) in [7, 11) is 0. The quantitative estimate of drug-likeness (QED) is 0.662. The highest BCUT2D eigenvalue weighted by atomic mass is 32.1. The predicted octanol–water partition coefficient (Wildman–Crippen LogP) is 2.71. The molecule has 0 bridgehead atoms. The van der Waals surface area contributed by atoms with Crippen LogP contribution in [0.3, 0.4) is 0 Å². The predicted molar refractivity (Wildman–Crippen MR) is 123 cm³/mol. The molecule has 1 aromatic heterocycles. The molecule has 0 spiro atoms. The van der Waals surface area contributed by atoms with Gasteiger partial charge in [0.2, 0.25) is 5.91 Å². The van der Waals surface area contributed by atoms with Crippen molar-refractivity contribution in [3.05, 3.63) is 58.7 Å². The molecule has 0 radical (unpaired) electrons. The van der Waals surface area contributed by atoms with E-state index in [2.05, 4.69) is 57.2 Å². The van der Waals surface area contributed by atoms with Crippen molar-refractivity contribution in [1.29, 1.82) is 0 Å². The number of fused-ring (bicyclic) bond motifs is 1. The number of carbonyl (C=O) groups is 1. The standard InChI is InChI=1S/C24H29N3O2S/c1-17-7-8-20(19(3)15-17)16-22(28)27(10-9-26-11-13-29-14-12-26)24-25-23-18(2)5-4-6-21(23)30-24/h4-8,15H,9-14,16H2,1-3H3/p+1.